The molecule has 0 atom stereocenters. The number of nitrogens with one attached hydrogen (secondary N) is 2. The third kappa shape index (κ3) is 5.15. The first-order valence-corrected chi connectivity index (χ1v) is 9.89. The number of hydrogen-bond donors (Lipinski definition) is 2. The van der Waals surface area contributed by atoms with Crippen LogP contribution < -0.4 is 10.6 Å². The largest absolute Gasteiger partial charge is 0.340 e. The lowest BCUT2D eigenvalue weighted by atomic mass is 10.1. The van der Waals surface area contributed by atoms with Crippen LogP contribution in [-0.4, -0.2) is 20.9 Å². The van der Waals surface area contributed by atoms with Gasteiger partial charge in [-0.1, -0.05) is 12.1 Å². The van der Waals surface area contributed by atoms with Gasteiger partial charge in [0.1, 0.15) is 18.0 Å². The van der Waals surface area contributed by atoms with Crippen LogP contribution in [0.5, 0.6) is 0 Å². The lowest BCUT2D eigenvalue weighted by Crippen LogP contribution is -2.15. The topological polar surface area (TPSA) is 79.8 Å². The van der Waals surface area contributed by atoms with Crippen molar-refractivity contribution in [1.29, 1.82) is 0 Å². The van der Waals surface area contributed by atoms with Gasteiger partial charge in [-0.3, -0.25) is 4.79 Å². The minimum atomic E-state index is -3.10. The summed E-state index contributed by atoms with van der Waals surface area (Å²) in [6.07, 6.45) is 4.62. The van der Waals surface area contributed by atoms with Crippen molar-refractivity contribution in [2.45, 2.75) is 12.8 Å². The molecule has 9 heteroatoms. The number of nitrogens with zero attached hydrogens (tertiary/aromatic N) is 3. The molecular weight excluding hydrogens is 431 g/mol. The van der Waals surface area contributed by atoms with Crippen molar-refractivity contribution in [3.05, 3.63) is 96.3 Å². The maximum Gasteiger partial charge on any atom is 0.270 e. The fraction of sp³-hybridized carbons (Fsp3) is 0.0833. The van der Waals surface area contributed by atoms with Gasteiger partial charge in [0.2, 0.25) is 0 Å². The highest BCUT2D eigenvalue weighted by atomic mass is 19.3. The number of alkyl halides is 2. The summed E-state index contributed by atoms with van der Waals surface area (Å²) < 4.78 is 41.6. The number of anilines is 3. The summed E-state index contributed by atoms with van der Waals surface area (Å²) in [7, 11) is 0. The summed E-state index contributed by atoms with van der Waals surface area (Å²) in [6, 6.07) is 14.4. The minimum Gasteiger partial charge on any atom is -0.340 e. The average molecular weight is 449 g/mol. The molecule has 0 aliphatic rings. The van der Waals surface area contributed by atoms with Gasteiger partial charge < -0.3 is 10.6 Å². The molecule has 0 saturated heterocycles. The first-order chi connectivity index (χ1) is 15.8. The van der Waals surface area contributed by atoms with E-state index in [4.69, 9.17) is 0 Å². The molecule has 0 bridgehead atoms. The molecule has 0 spiro atoms. The van der Waals surface area contributed by atoms with Crippen molar-refractivity contribution in [2.24, 2.45) is 0 Å². The molecular formula is C24H18F3N5O. The molecule has 0 aliphatic carbocycles. The number of amides is 1. The van der Waals surface area contributed by atoms with Gasteiger partial charge in [0.25, 0.3) is 11.8 Å². The van der Waals surface area contributed by atoms with E-state index in [0.29, 0.717) is 22.8 Å². The Labute approximate surface area is 187 Å². The predicted octanol–water partition coefficient (Wildman–Crippen LogP) is 5.79. The molecule has 166 valence electrons. The Balaban J connectivity index is 1.58. The van der Waals surface area contributed by atoms with Gasteiger partial charge in [0, 0.05) is 41.7 Å². The van der Waals surface area contributed by atoms with E-state index >= 15 is 0 Å². The molecule has 33 heavy (non-hydrogen) atoms. The van der Waals surface area contributed by atoms with E-state index in [1.807, 2.05) is 6.07 Å². The molecule has 0 fully saturated rings. The number of hydrogen-bond acceptors (Lipinski definition) is 5. The molecule has 2 N–H and O–H groups in total. The van der Waals surface area contributed by atoms with Gasteiger partial charge in [-0.05, 0) is 48.5 Å². The van der Waals surface area contributed by atoms with Crippen LogP contribution in [0.3, 0.4) is 0 Å². The Morgan fingerprint density at radius 1 is 0.970 bits per heavy atom. The van der Waals surface area contributed by atoms with Gasteiger partial charge in [0.05, 0.1) is 11.4 Å². The second-order valence-corrected chi connectivity index (χ2v) is 7.24. The zero-order valence-corrected chi connectivity index (χ0v) is 17.4. The van der Waals surface area contributed by atoms with Gasteiger partial charge in [-0.15, -0.1) is 0 Å². The predicted molar refractivity (Wildman–Crippen MR) is 119 cm³/mol. The molecule has 2 aromatic heterocycles. The third-order valence-electron chi connectivity index (χ3n) is 4.77. The van der Waals surface area contributed by atoms with Crippen molar-refractivity contribution >= 4 is 23.1 Å². The van der Waals surface area contributed by atoms with E-state index in [0.717, 1.165) is 13.0 Å². The zero-order valence-electron chi connectivity index (χ0n) is 17.4. The van der Waals surface area contributed by atoms with Crippen molar-refractivity contribution < 1.29 is 18.0 Å². The molecule has 1 amide bonds. The molecule has 0 radical (unpaired) electrons. The number of carbonyl (C=O) groups is 1. The molecule has 0 saturated carbocycles. The van der Waals surface area contributed by atoms with E-state index in [1.165, 1.54) is 42.7 Å². The van der Waals surface area contributed by atoms with Crippen LogP contribution >= 0.6 is 0 Å². The van der Waals surface area contributed by atoms with Gasteiger partial charge in [-0.25, -0.2) is 28.1 Å². The van der Waals surface area contributed by atoms with Crippen LogP contribution in [-0.2, 0) is 5.92 Å². The van der Waals surface area contributed by atoms with E-state index in [-0.39, 0.29) is 16.8 Å². The van der Waals surface area contributed by atoms with E-state index in [1.54, 1.807) is 24.5 Å². The molecule has 4 rings (SSSR count). The number of pyridine rings is 1. The second-order valence-electron chi connectivity index (χ2n) is 7.24. The zero-order chi connectivity index (χ0) is 23.4. The van der Waals surface area contributed by atoms with Crippen LogP contribution in [0.15, 0.2) is 79.4 Å². The molecule has 2 aromatic carbocycles. The maximum absolute atomic E-state index is 14.4. The molecule has 6 nitrogen and oxygen atoms in total. The Kier molecular flexibility index (Phi) is 6.03. The maximum atomic E-state index is 14.4. The summed E-state index contributed by atoms with van der Waals surface area (Å²) >= 11 is 0. The Hall–Kier alpha value is -4.27. The monoisotopic (exact) mass is 449 g/mol. The van der Waals surface area contributed by atoms with Crippen LogP contribution in [0.2, 0.25) is 0 Å². The Bertz CT molecular complexity index is 1290. The molecule has 0 aliphatic heterocycles. The van der Waals surface area contributed by atoms with Crippen LogP contribution in [0, 0.1) is 5.82 Å². The molecule has 2 heterocycles. The SMILES string of the molecule is CC(F)(F)c1cccc(C(=O)Nc2cc(Nc3ncccc3-c3ccncn3)ccc2F)c1. The second kappa shape index (κ2) is 9.07. The summed E-state index contributed by atoms with van der Waals surface area (Å²) in [5.41, 5.74) is 1.37. The standard InChI is InChI=1S/C24H18F3N5O/c1-24(26,27)16-5-2-4-15(12-16)23(33)32-21-13-17(7-8-19(21)25)31-22-18(6-3-10-29-22)20-9-11-28-14-30-20/h2-14H,1H3,(H,29,31)(H,32,33). The van der Waals surface area contributed by atoms with Crippen molar-refractivity contribution in [1.82, 2.24) is 15.0 Å². The van der Waals surface area contributed by atoms with Crippen molar-refractivity contribution in [2.75, 3.05) is 10.6 Å². The average Bonchev–Trinajstić information content (AvgIpc) is 2.82. The number of benzene rings is 2. The minimum absolute atomic E-state index is 0.0115. The lowest BCUT2D eigenvalue weighted by Gasteiger charge is -2.14. The van der Waals surface area contributed by atoms with Crippen LogP contribution in [0.25, 0.3) is 11.3 Å². The van der Waals surface area contributed by atoms with Gasteiger partial charge >= 0.3 is 0 Å². The Morgan fingerprint density at radius 3 is 2.58 bits per heavy atom. The van der Waals surface area contributed by atoms with E-state index < -0.39 is 17.6 Å². The summed E-state index contributed by atoms with van der Waals surface area (Å²) in [5.74, 6) is -4.02. The normalized spacial score (nSPS) is 11.2. The smallest absolute Gasteiger partial charge is 0.270 e. The first-order valence-electron chi connectivity index (χ1n) is 9.89. The summed E-state index contributed by atoms with van der Waals surface area (Å²) in [5, 5.41) is 5.53. The first kappa shape index (κ1) is 21.9. The lowest BCUT2D eigenvalue weighted by molar-refractivity contribution is 0.0174. The number of halogens is 3. The Morgan fingerprint density at radius 2 is 1.82 bits per heavy atom. The number of aromatic nitrogens is 3. The van der Waals surface area contributed by atoms with E-state index in [2.05, 4.69) is 25.6 Å². The van der Waals surface area contributed by atoms with Crippen LogP contribution in [0.4, 0.5) is 30.4 Å². The van der Waals surface area contributed by atoms with Crippen molar-refractivity contribution in [3.8, 4) is 11.3 Å². The molecule has 0 unspecified atom stereocenters. The fourth-order valence-electron chi connectivity index (χ4n) is 3.13. The third-order valence-corrected chi connectivity index (χ3v) is 4.77. The highest BCUT2D eigenvalue weighted by Crippen LogP contribution is 2.30. The van der Waals surface area contributed by atoms with E-state index in [9.17, 15) is 18.0 Å². The van der Waals surface area contributed by atoms with Gasteiger partial charge in [0.15, 0.2) is 0 Å². The van der Waals surface area contributed by atoms with Gasteiger partial charge in [-0.2, -0.15) is 0 Å². The number of carbonyl (C=O) groups excluding carboxylic acids is 1. The summed E-state index contributed by atoms with van der Waals surface area (Å²) in [4.78, 5) is 25.0. The quantitative estimate of drug-likeness (QED) is 0.390. The highest BCUT2D eigenvalue weighted by molar-refractivity contribution is 6.04. The van der Waals surface area contributed by atoms with Crippen LogP contribution in [0.1, 0.15) is 22.8 Å². The molecule has 4 aromatic rings. The fourth-order valence-corrected chi connectivity index (χ4v) is 3.13. The van der Waals surface area contributed by atoms with Crippen molar-refractivity contribution in [3.63, 3.8) is 0 Å². The number of rotatable bonds is 6. The summed E-state index contributed by atoms with van der Waals surface area (Å²) in [6.45, 7) is 0.742. The highest BCUT2D eigenvalue weighted by Gasteiger charge is 2.25.